The second-order valence-electron chi connectivity index (χ2n) is 8.06. The number of piperidine rings is 1. The van der Waals surface area contributed by atoms with E-state index in [0.717, 1.165) is 32.5 Å². The van der Waals surface area contributed by atoms with Crippen molar-refractivity contribution >= 4 is 5.97 Å². The number of halogens is 1. The van der Waals surface area contributed by atoms with Crippen molar-refractivity contribution in [3.63, 3.8) is 0 Å². The zero-order valence-electron chi connectivity index (χ0n) is 17.8. The number of hydrogen-bond acceptors (Lipinski definition) is 4. The van der Waals surface area contributed by atoms with Crippen molar-refractivity contribution in [1.29, 1.82) is 0 Å². The lowest BCUT2D eigenvalue weighted by molar-refractivity contribution is -0.159. The summed E-state index contributed by atoms with van der Waals surface area (Å²) in [5.74, 6) is -0.476. The van der Waals surface area contributed by atoms with E-state index in [2.05, 4.69) is 23.8 Å². The number of carbonyl (C=O) groups is 1. The summed E-state index contributed by atoms with van der Waals surface area (Å²) in [6, 6.07) is 6.73. The second kappa shape index (κ2) is 9.53. The Labute approximate surface area is 172 Å². The van der Waals surface area contributed by atoms with E-state index < -0.39 is 5.41 Å². The predicted octanol–water partition coefficient (Wildman–Crippen LogP) is 4.13. The van der Waals surface area contributed by atoms with Gasteiger partial charge in [0.1, 0.15) is 5.82 Å². The Kier molecular flexibility index (Phi) is 7.06. The zero-order valence-corrected chi connectivity index (χ0v) is 17.8. The molecule has 1 fully saturated rings. The third kappa shape index (κ3) is 4.86. The molecule has 3 rings (SSSR count). The third-order valence-corrected chi connectivity index (χ3v) is 5.89. The van der Waals surface area contributed by atoms with Crippen molar-refractivity contribution < 1.29 is 13.9 Å². The fraction of sp³-hybridized carbons (Fsp3) is 0.565. The monoisotopic (exact) mass is 401 g/mol. The van der Waals surface area contributed by atoms with Crippen LogP contribution in [-0.2, 0) is 29.0 Å². The molecule has 0 N–H and O–H groups in total. The van der Waals surface area contributed by atoms with Crippen molar-refractivity contribution in [3.05, 3.63) is 53.1 Å². The summed E-state index contributed by atoms with van der Waals surface area (Å²) in [5, 5.41) is 4.50. The van der Waals surface area contributed by atoms with Crippen LogP contribution in [0.2, 0.25) is 0 Å². The van der Waals surface area contributed by atoms with E-state index in [9.17, 15) is 9.18 Å². The molecule has 1 aromatic heterocycles. The Morgan fingerprint density at radius 3 is 2.79 bits per heavy atom. The van der Waals surface area contributed by atoms with Gasteiger partial charge < -0.3 is 4.74 Å². The first-order valence-electron chi connectivity index (χ1n) is 10.6. The van der Waals surface area contributed by atoms with Gasteiger partial charge in [-0.3, -0.25) is 14.4 Å². The highest BCUT2D eigenvalue weighted by Crippen LogP contribution is 2.36. The van der Waals surface area contributed by atoms with Gasteiger partial charge in [-0.15, -0.1) is 0 Å². The maximum atomic E-state index is 14.4. The molecule has 1 aromatic carbocycles. The molecule has 1 atom stereocenters. The minimum Gasteiger partial charge on any atom is -0.466 e. The third-order valence-electron chi connectivity index (χ3n) is 5.89. The van der Waals surface area contributed by atoms with Gasteiger partial charge in [0.15, 0.2) is 0 Å². The maximum Gasteiger partial charge on any atom is 0.313 e. The van der Waals surface area contributed by atoms with Crippen LogP contribution < -0.4 is 0 Å². The quantitative estimate of drug-likeness (QED) is 0.624. The Morgan fingerprint density at radius 2 is 2.07 bits per heavy atom. The SMILES string of the molecule is CCCn1ncc(CN2CCCC(Cc3ccccc3F)(C(=O)OCC)C2)c1C. The smallest absolute Gasteiger partial charge is 0.313 e. The van der Waals surface area contributed by atoms with Gasteiger partial charge in [-0.05, 0) is 57.7 Å². The molecular formula is C23H32FN3O2. The van der Waals surface area contributed by atoms with Gasteiger partial charge in [0.25, 0.3) is 0 Å². The number of benzene rings is 1. The molecule has 0 saturated carbocycles. The van der Waals surface area contributed by atoms with Gasteiger partial charge in [-0.2, -0.15) is 5.10 Å². The molecular weight excluding hydrogens is 369 g/mol. The average molecular weight is 402 g/mol. The molecule has 0 bridgehead atoms. The number of likely N-dealkylation sites (tertiary alicyclic amines) is 1. The first-order valence-corrected chi connectivity index (χ1v) is 10.6. The van der Waals surface area contributed by atoms with E-state index >= 15 is 0 Å². The number of ether oxygens (including phenoxy) is 1. The van der Waals surface area contributed by atoms with Crippen LogP contribution >= 0.6 is 0 Å². The molecule has 0 radical (unpaired) electrons. The van der Waals surface area contributed by atoms with Gasteiger partial charge in [0, 0.05) is 30.9 Å². The molecule has 1 saturated heterocycles. The Hall–Kier alpha value is -2.21. The van der Waals surface area contributed by atoms with Crippen molar-refractivity contribution in [2.24, 2.45) is 5.41 Å². The van der Waals surface area contributed by atoms with E-state index in [1.165, 1.54) is 17.3 Å². The molecule has 2 heterocycles. The molecule has 1 aliphatic rings. The summed E-state index contributed by atoms with van der Waals surface area (Å²) >= 11 is 0. The van der Waals surface area contributed by atoms with Crippen LogP contribution in [0.1, 0.15) is 49.9 Å². The fourth-order valence-electron chi connectivity index (χ4n) is 4.35. The molecule has 1 aliphatic heterocycles. The molecule has 158 valence electrons. The number of aryl methyl sites for hydroxylation is 1. The highest BCUT2D eigenvalue weighted by molar-refractivity contribution is 5.77. The summed E-state index contributed by atoms with van der Waals surface area (Å²) in [6.07, 6.45) is 4.94. The van der Waals surface area contributed by atoms with E-state index in [1.807, 2.05) is 23.9 Å². The predicted molar refractivity (Wildman–Crippen MR) is 111 cm³/mol. The lowest BCUT2D eigenvalue weighted by Gasteiger charge is -2.41. The van der Waals surface area contributed by atoms with Crippen LogP contribution in [0.25, 0.3) is 0 Å². The summed E-state index contributed by atoms with van der Waals surface area (Å²) in [6.45, 7) is 9.53. The first kappa shape index (κ1) is 21.5. The number of nitrogens with zero attached hydrogens (tertiary/aromatic N) is 3. The molecule has 0 spiro atoms. The van der Waals surface area contributed by atoms with Crippen LogP contribution in [0, 0.1) is 18.2 Å². The van der Waals surface area contributed by atoms with Crippen LogP contribution in [0.5, 0.6) is 0 Å². The minimum atomic E-state index is -0.718. The number of hydrogen-bond donors (Lipinski definition) is 0. The topological polar surface area (TPSA) is 47.4 Å². The summed E-state index contributed by atoms with van der Waals surface area (Å²) in [5.41, 5.74) is 2.22. The van der Waals surface area contributed by atoms with E-state index in [1.54, 1.807) is 12.1 Å². The number of esters is 1. The molecule has 1 unspecified atom stereocenters. The lowest BCUT2D eigenvalue weighted by Crippen LogP contribution is -2.49. The van der Waals surface area contributed by atoms with Crippen molar-refractivity contribution in [1.82, 2.24) is 14.7 Å². The number of rotatable bonds is 8. The highest BCUT2D eigenvalue weighted by Gasteiger charge is 2.44. The maximum absolute atomic E-state index is 14.4. The Balaban J connectivity index is 1.82. The largest absolute Gasteiger partial charge is 0.466 e. The fourth-order valence-corrected chi connectivity index (χ4v) is 4.35. The molecule has 6 heteroatoms. The normalized spacial score (nSPS) is 20.0. The Bertz CT molecular complexity index is 835. The standard InChI is InChI=1S/C23H32FN3O2/c1-4-12-27-18(3)20(15-25-27)16-26-13-8-11-23(17-26,22(28)29-5-2)14-19-9-6-7-10-21(19)24/h6-7,9-10,15H,4-5,8,11-14,16-17H2,1-3H3. The van der Waals surface area contributed by atoms with Crippen molar-refractivity contribution in [2.75, 3.05) is 19.7 Å². The molecule has 2 aromatic rings. The Morgan fingerprint density at radius 1 is 1.28 bits per heavy atom. The van der Waals surface area contributed by atoms with E-state index in [4.69, 9.17) is 4.74 Å². The number of aromatic nitrogens is 2. The van der Waals surface area contributed by atoms with Gasteiger partial charge in [-0.25, -0.2) is 4.39 Å². The van der Waals surface area contributed by atoms with Crippen molar-refractivity contribution in [3.8, 4) is 0 Å². The van der Waals surface area contributed by atoms with Gasteiger partial charge in [-0.1, -0.05) is 25.1 Å². The van der Waals surface area contributed by atoms with Gasteiger partial charge in [0.2, 0.25) is 0 Å². The van der Waals surface area contributed by atoms with Gasteiger partial charge in [0.05, 0.1) is 18.2 Å². The molecule has 5 nitrogen and oxygen atoms in total. The van der Waals surface area contributed by atoms with Crippen LogP contribution in [0.3, 0.4) is 0 Å². The molecule has 0 amide bonds. The van der Waals surface area contributed by atoms with Gasteiger partial charge >= 0.3 is 5.97 Å². The van der Waals surface area contributed by atoms with Crippen LogP contribution in [0.15, 0.2) is 30.5 Å². The van der Waals surface area contributed by atoms with Crippen molar-refractivity contribution in [2.45, 2.75) is 59.5 Å². The van der Waals surface area contributed by atoms with E-state index in [0.29, 0.717) is 31.6 Å². The summed E-state index contributed by atoms with van der Waals surface area (Å²) < 4.78 is 21.8. The van der Waals surface area contributed by atoms with Crippen LogP contribution in [-0.4, -0.2) is 40.3 Å². The first-order chi connectivity index (χ1) is 14.0. The van der Waals surface area contributed by atoms with Crippen LogP contribution in [0.4, 0.5) is 4.39 Å². The zero-order chi connectivity index (χ0) is 20.9. The highest BCUT2D eigenvalue weighted by atomic mass is 19.1. The molecule has 29 heavy (non-hydrogen) atoms. The summed E-state index contributed by atoms with van der Waals surface area (Å²) in [7, 11) is 0. The minimum absolute atomic E-state index is 0.216. The lowest BCUT2D eigenvalue weighted by atomic mass is 9.75. The van der Waals surface area contributed by atoms with E-state index in [-0.39, 0.29) is 11.8 Å². The molecule has 0 aliphatic carbocycles. The summed E-state index contributed by atoms with van der Waals surface area (Å²) in [4.78, 5) is 15.3. The number of carbonyl (C=O) groups excluding carboxylic acids is 1. The second-order valence-corrected chi connectivity index (χ2v) is 8.06. The average Bonchev–Trinajstić information content (AvgIpc) is 3.04.